The highest BCUT2D eigenvalue weighted by atomic mass is 16.1. The average molecular weight is 260 g/mol. The molecule has 0 saturated heterocycles. The molecule has 5 heteroatoms. The van der Waals surface area contributed by atoms with Crippen molar-refractivity contribution in [2.75, 3.05) is 0 Å². The fourth-order valence-electron chi connectivity index (χ4n) is 2.24. The summed E-state index contributed by atoms with van der Waals surface area (Å²) in [6, 6.07) is 2.11. The van der Waals surface area contributed by atoms with Crippen molar-refractivity contribution in [2.45, 2.75) is 46.6 Å². The van der Waals surface area contributed by atoms with E-state index in [2.05, 4.69) is 22.3 Å². The first kappa shape index (κ1) is 13.5. The van der Waals surface area contributed by atoms with Crippen molar-refractivity contribution in [3.63, 3.8) is 0 Å². The topological polar surface area (TPSA) is 59.3 Å². The number of carbonyl (C=O) groups is 1. The Labute approximate surface area is 113 Å². The minimum Gasteiger partial charge on any atom is -0.349 e. The van der Waals surface area contributed by atoms with Gasteiger partial charge in [0.1, 0.15) is 5.56 Å². The molecule has 0 bridgehead atoms. The van der Waals surface area contributed by atoms with E-state index in [1.807, 2.05) is 26.8 Å². The number of nitrogens with one attached hydrogen (secondary N) is 1. The Bertz CT molecular complexity index is 603. The van der Waals surface area contributed by atoms with E-state index >= 15 is 0 Å². The Morgan fingerprint density at radius 2 is 2.21 bits per heavy atom. The standard InChI is InChI=1S/C14H20N4O/c1-5-6-9(2)17-14(19)12-8-15-18-11(4)7-10(3)16-13(12)18/h7-9H,5-6H2,1-4H3,(H,17,19)/t9-/m0/s1. The summed E-state index contributed by atoms with van der Waals surface area (Å²) in [5.74, 6) is -0.103. The Balaban J connectivity index is 2.32. The first-order chi connectivity index (χ1) is 9.02. The van der Waals surface area contributed by atoms with Crippen LogP contribution in [0.4, 0.5) is 0 Å². The SMILES string of the molecule is CCC[C@H](C)NC(=O)c1cnn2c(C)cc(C)nc12. The minimum absolute atomic E-state index is 0.103. The smallest absolute Gasteiger partial charge is 0.256 e. The highest BCUT2D eigenvalue weighted by molar-refractivity contribution is 5.99. The van der Waals surface area contributed by atoms with Gasteiger partial charge in [0.15, 0.2) is 5.65 Å². The largest absolute Gasteiger partial charge is 0.349 e. The summed E-state index contributed by atoms with van der Waals surface area (Å²) < 4.78 is 1.70. The number of aromatic nitrogens is 3. The predicted octanol–water partition coefficient (Wildman–Crippen LogP) is 2.26. The minimum atomic E-state index is -0.103. The molecule has 19 heavy (non-hydrogen) atoms. The van der Waals surface area contributed by atoms with Crippen LogP contribution in [-0.4, -0.2) is 26.5 Å². The molecule has 102 valence electrons. The van der Waals surface area contributed by atoms with Crippen molar-refractivity contribution in [1.82, 2.24) is 19.9 Å². The number of hydrogen-bond donors (Lipinski definition) is 1. The van der Waals surface area contributed by atoms with Crippen molar-refractivity contribution < 1.29 is 4.79 Å². The van der Waals surface area contributed by atoms with Crippen molar-refractivity contribution in [1.29, 1.82) is 0 Å². The summed E-state index contributed by atoms with van der Waals surface area (Å²) in [4.78, 5) is 16.6. The number of carbonyl (C=O) groups excluding carboxylic acids is 1. The molecule has 0 spiro atoms. The van der Waals surface area contributed by atoms with Crippen LogP contribution in [0.5, 0.6) is 0 Å². The Hall–Kier alpha value is -1.91. The van der Waals surface area contributed by atoms with Crippen molar-refractivity contribution in [3.05, 3.63) is 29.2 Å². The third kappa shape index (κ3) is 2.75. The predicted molar refractivity (Wildman–Crippen MR) is 74.3 cm³/mol. The van der Waals surface area contributed by atoms with Gasteiger partial charge in [0, 0.05) is 17.4 Å². The molecule has 2 rings (SSSR count). The number of fused-ring (bicyclic) bond motifs is 1. The van der Waals surface area contributed by atoms with E-state index in [0.717, 1.165) is 24.2 Å². The van der Waals surface area contributed by atoms with Gasteiger partial charge >= 0.3 is 0 Å². The zero-order chi connectivity index (χ0) is 14.0. The summed E-state index contributed by atoms with van der Waals surface area (Å²) in [5.41, 5.74) is 3.03. The Kier molecular flexibility index (Phi) is 3.83. The lowest BCUT2D eigenvalue weighted by Gasteiger charge is -2.11. The quantitative estimate of drug-likeness (QED) is 0.917. The lowest BCUT2D eigenvalue weighted by molar-refractivity contribution is 0.0940. The van der Waals surface area contributed by atoms with Gasteiger partial charge in [-0.3, -0.25) is 4.79 Å². The molecule has 1 N–H and O–H groups in total. The van der Waals surface area contributed by atoms with Gasteiger partial charge in [0.05, 0.1) is 6.20 Å². The van der Waals surface area contributed by atoms with E-state index < -0.39 is 0 Å². The maximum atomic E-state index is 12.2. The van der Waals surface area contributed by atoms with Crippen molar-refractivity contribution in [3.8, 4) is 0 Å². The van der Waals surface area contributed by atoms with Gasteiger partial charge in [-0.25, -0.2) is 9.50 Å². The van der Waals surface area contributed by atoms with E-state index in [-0.39, 0.29) is 11.9 Å². The molecule has 1 atom stereocenters. The molecule has 0 aliphatic heterocycles. The van der Waals surface area contributed by atoms with Crippen molar-refractivity contribution in [2.24, 2.45) is 0 Å². The lowest BCUT2D eigenvalue weighted by atomic mass is 10.2. The van der Waals surface area contributed by atoms with E-state index in [1.54, 1.807) is 10.7 Å². The van der Waals surface area contributed by atoms with E-state index in [4.69, 9.17) is 0 Å². The number of amides is 1. The van der Waals surface area contributed by atoms with Crippen molar-refractivity contribution >= 4 is 11.6 Å². The first-order valence-electron chi connectivity index (χ1n) is 6.65. The maximum absolute atomic E-state index is 12.2. The van der Waals surface area contributed by atoms with Crippen LogP contribution in [0, 0.1) is 13.8 Å². The highest BCUT2D eigenvalue weighted by Gasteiger charge is 2.16. The molecule has 1 amide bonds. The lowest BCUT2D eigenvalue weighted by Crippen LogP contribution is -2.32. The van der Waals surface area contributed by atoms with Crippen LogP contribution in [0.15, 0.2) is 12.3 Å². The molecule has 0 aliphatic carbocycles. The number of rotatable bonds is 4. The molecule has 2 heterocycles. The molecule has 2 aromatic rings. The second-order valence-electron chi connectivity index (χ2n) is 5.00. The van der Waals surface area contributed by atoms with Gasteiger partial charge < -0.3 is 5.32 Å². The zero-order valence-corrected chi connectivity index (χ0v) is 11.9. The normalized spacial score (nSPS) is 12.6. The van der Waals surface area contributed by atoms with Crippen LogP contribution >= 0.6 is 0 Å². The van der Waals surface area contributed by atoms with E-state index in [1.165, 1.54) is 0 Å². The third-order valence-electron chi connectivity index (χ3n) is 3.12. The summed E-state index contributed by atoms with van der Waals surface area (Å²) in [7, 11) is 0. The van der Waals surface area contributed by atoms with Crippen LogP contribution in [0.25, 0.3) is 5.65 Å². The van der Waals surface area contributed by atoms with Crippen LogP contribution in [0.2, 0.25) is 0 Å². The molecule has 0 unspecified atom stereocenters. The van der Waals surface area contributed by atoms with Gasteiger partial charge in [-0.05, 0) is 33.3 Å². The summed E-state index contributed by atoms with van der Waals surface area (Å²) >= 11 is 0. The van der Waals surface area contributed by atoms with Gasteiger partial charge in [-0.2, -0.15) is 5.10 Å². The molecule has 0 aromatic carbocycles. The monoisotopic (exact) mass is 260 g/mol. The summed E-state index contributed by atoms with van der Waals surface area (Å²) in [5, 5.41) is 7.21. The molecule has 0 fully saturated rings. The molecule has 5 nitrogen and oxygen atoms in total. The molecular weight excluding hydrogens is 240 g/mol. The van der Waals surface area contributed by atoms with Gasteiger partial charge in [0.2, 0.25) is 0 Å². The second kappa shape index (κ2) is 5.38. The number of hydrogen-bond acceptors (Lipinski definition) is 3. The Morgan fingerprint density at radius 3 is 2.89 bits per heavy atom. The van der Waals surface area contributed by atoms with Crippen LogP contribution in [0.3, 0.4) is 0 Å². The first-order valence-corrected chi connectivity index (χ1v) is 6.65. The van der Waals surface area contributed by atoms with Gasteiger partial charge in [-0.1, -0.05) is 13.3 Å². The second-order valence-corrected chi connectivity index (χ2v) is 5.00. The summed E-state index contributed by atoms with van der Waals surface area (Å²) in [6.07, 6.45) is 3.60. The van der Waals surface area contributed by atoms with Crippen LogP contribution in [-0.2, 0) is 0 Å². The fourth-order valence-corrected chi connectivity index (χ4v) is 2.24. The van der Waals surface area contributed by atoms with Gasteiger partial charge in [0.25, 0.3) is 5.91 Å². The summed E-state index contributed by atoms with van der Waals surface area (Å²) in [6.45, 7) is 7.99. The molecule has 0 saturated carbocycles. The Morgan fingerprint density at radius 1 is 1.47 bits per heavy atom. The number of aryl methyl sites for hydroxylation is 2. The molecule has 0 radical (unpaired) electrons. The maximum Gasteiger partial charge on any atom is 0.256 e. The average Bonchev–Trinajstić information content (AvgIpc) is 2.72. The van der Waals surface area contributed by atoms with Crippen LogP contribution < -0.4 is 5.32 Å². The van der Waals surface area contributed by atoms with Gasteiger partial charge in [-0.15, -0.1) is 0 Å². The molecular formula is C14H20N4O. The van der Waals surface area contributed by atoms with Crippen LogP contribution in [0.1, 0.15) is 48.4 Å². The fraction of sp³-hybridized carbons (Fsp3) is 0.500. The number of nitrogens with zero attached hydrogens (tertiary/aromatic N) is 3. The zero-order valence-electron chi connectivity index (χ0n) is 11.9. The van der Waals surface area contributed by atoms with E-state index in [9.17, 15) is 4.79 Å². The van der Waals surface area contributed by atoms with E-state index in [0.29, 0.717) is 11.2 Å². The third-order valence-corrected chi connectivity index (χ3v) is 3.12. The molecule has 2 aromatic heterocycles. The highest BCUT2D eigenvalue weighted by Crippen LogP contribution is 2.12. The molecule has 0 aliphatic rings.